The van der Waals surface area contributed by atoms with E-state index in [0.29, 0.717) is 6.54 Å². The number of nitrogens with one attached hydrogen (secondary N) is 1. The van der Waals surface area contributed by atoms with Gasteiger partial charge in [-0.1, -0.05) is 12.1 Å². The van der Waals surface area contributed by atoms with Gasteiger partial charge in [0, 0.05) is 6.54 Å². The van der Waals surface area contributed by atoms with Gasteiger partial charge >= 0.3 is 0 Å². The van der Waals surface area contributed by atoms with Crippen molar-refractivity contribution in [1.29, 1.82) is 0 Å². The van der Waals surface area contributed by atoms with Crippen molar-refractivity contribution >= 4 is 0 Å². The summed E-state index contributed by atoms with van der Waals surface area (Å²) in [7, 11) is 0. The Morgan fingerprint density at radius 2 is 1.81 bits per heavy atom. The largest absolute Gasteiger partial charge is 0.491 e. The summed E-state index contributed by atoms with van der Waals surface area (Å²) in [6, 6.07) is 7.44. The maximum absolute atomic E-state index is 11.9. The SMILES string of the molecule is CC(C)Oc1ccc(CNCC(F)F)cc1. The molecular formula is C12H17F2NO. The smallest absolute Gasteiger partial charge is 0.250 e. The number of benzene rings is 1. The zero-order chi connectivity index (χ0) is 12.0. The molecule has 0 amide bonds. The number of alkyl halides is 2. The molecule has 0 aromatic heterocycles. The summed E-state index contributed by atoms with van der Waals surface area (Å²) >= 11 is 0. The van der Waals surface area contributed by atoms with Crippen LogP contribution >= 0.6 is 0 Å². The van der Waals surface area contributed by atoms with Crippen molar-refractivity contribution in [2.24, 2.45) is 0 Å². The lowest BCUT2D eigenvalue weighted by Crippen LogP contribution is -2.20. The Balaban J connectivity index is 2.39. The van der Waals surface area contributed by atoms with Crippen molar-refractivity contribution in [3.63, 3.8) is 0 Å². The van der Waals surface area contributed by atoms with Crippen LogP contribution < -0.4 is 10.1 Å². The Morgan fingerprint density at radius 3 is 2.31 bits per heavy atom. The third kappa shape index (κ3) is 5.07. The van der Waals surface area contributed by atoms with Gasteiger partial charge in [0.05, 0.1) is 12.6 Å². The Kier molecular flexibility index (Phi) is 5.19. The van der Waals surface area contributed by atoms with Gasteiger partial charge in [0.15, 0.2) is 0 Å². The van der Waals surface area contributed by atoms with Crippen LogP contribution in [0.4, 0.5) is 8.78 Å². The van der Waals surface area contributed by atoms with Crippen LogP contribution in [-0.4, -0.2) is 19.1 Å². The molecule has 0 unspecified atom stereocenters. The van der Waals surface area contributed by atoms with Gasteiger partial charge in [-0.05, 0) is 31.5 Å². The average Bonchev–Trinajstić information content (AvgIpc) is 2.19. The van der Waals surface area contributed by atoms with E-state index in [-0.39, 0.29) is 12.6 Å². The van der Waals surface area contributed by atoms with Crippen molar-refractivity contribution in [2.75, 3.05) is 6.54 Å². The lowest BCUT2D eigenvalue weighted by atomic mass is 10.2. The zero-order valence-corrected chi connectivity index (χ0v) is 9.54. The molecule has 90 valence electrons. The van der Waals surface area contributed by atoms with Gasteiger partial charge in [-0.3, -0.25) is 0 Å². The molecule has 16 heavy (non-hydrogen) atoms. The molecule has 0 aliphatic rings. The van der Waals surface area contributed by atoms with Gasteiger partial charge in [0.1, 0.15) is 5.75 Å². The van der Waals surface area contributed by atoms with Crippen LogP contribution in [0.2, 0.25) is 0 Å². The van der Waals surface area contributed by atoms with E-state index >= 15 is 0 Å². The predicted molar refractivity (Wildman–Crippen MR) is 59.9 cm³/mol. The highest BCUT2D eigenvalue weighted by Gasteiger charge is 2.01. The third-order valence-electron chi connectivity index (χ3n) is 1.92. The monoisotopic (exact) mass is 229 g/mol. The van der Waals surface area contributed by atoms with Gasteiger partial charge in [-0.2, -0.15) is 0 Å². The minimum absolute atomic E-state index is 0.141. The number of rotatable bonds is 6. The van der Waals surface area contributed by atoms with Crippen LogP contribution in [0.5, 0.6) is 5.75 Å². The molecule has 1 aromatic carbocycles. The number of halogens is 2. The van der Waals surface area contributed by atoms with E-state index in [1.807, 2.05) is 38.1 Å². The molecule has 0 fully saturated rings. The minimum atomic E-state index is -2.30. The third-order valence-corrected chi connectivity index (χ3v) is 1.92. The van der Waals surface area contributed by atoms with Gasteiger partial charge in [0.2, 0.25) is 0 Å². The van der Waals surface area contributed by atoms with Crippen molar-refractivity contribution in [3.05, 3.63) is 29.8 Å². The van der Waals surface area contributed by atoms with Gasteiger partial charge < -0.3 is 10.1 Å². The maximum Gasteiger partial charge on any atom is 0.250 e. The average molecular weight is 229 g/mol. The first-order chi connectivity index (χ1) is 7.58. The highest BCUT2D eigenvalue weighted by molar-refractivity contribution is 5.27. The Hall–Kier alpha value is -1.16. The second-order valence-corrected chi connectivity index (χ2v) is 3.83. The maximum atomic E-state index is 11.9. The Morgan fingerprint density at radius 1 is 1.19 bits per heavy atom. The summed E-state index contributed by atoms with van der Waals surface area (Å²) < 4.78 is 29.2. The minimum Gasteiger partial charge on any atom is -0.491 e. The van der Waals surface area contributed by atoms with E-state index in [1.54, 1.807) is 0 Å². The first-order valence-electron chi connectivity index (χ1n) is 5.32. The lowest BCUT2D eigenvalue weighted by molar-refractivity contribution is 0.145. The summed E-state index contributed by atoms with van der Waals surface area (Å²) in [6.07, 6.45) is -2.16. The predicted octanol–water partition coefficient (Wildman–Crippen LogP) is 2.83. The normalized spacial score (nSPS) is 11.1. The fraction of sp³-hybridized carbons (Fsp3) is 0.500. The lowest BCUT2D eigenvalue weighted by Gasteiger charge is -2.10. The van der Waals surface area contributed by atoms with Gasteiger partial charge in [0.25, 0.3) is 6.43 Å². The zero-order valence-electron chi connectivity index (χ0n) is 9.54. The van der Waals surface area contributed by atoms with Crippen LogP contribution in [0, 0.1) is 0 Å². The van der Waals surface area contributed by atoms with Crippen molar-refractivity contribution in [1.82, 2.24) is 5.32 Å². The molecule has 0 bridgehead atoms. The fourth-order valence-electron chi connectivity index (χ4n) is 1.28. The van der Waals surface area contributed by atoms with Gasteiger partial charge in [-0.25, -0.2) is 8.78 Å². The second kappa shape index (κ2) is 6.43. The fourth-order valence-corrected chi connectivity index (χ4v) is 1.28. The van der Waals surface area contributed by atoms with E-state index in [1.165, 1.54) is 0 Å². The van der Waals surface area contributed by atoms with E-state index in [4.69, 9.17) is 4.74 Å². The molecule has 0 spiro atoms. The molecule has 4 heteroatoms. The molecule has 0 aliphatic heterocycles. The Bertz CT molecular complexity index is 298. The van der Waals surface area contributed by atoms with Crippen LogP contribution in [0.15, 0.2) is 24.3 Å². The molecule has 0 saturated heterocycles. The molecule has 1 N–H and O–H groups in total. The first kappa shape index (κ1) is 12.9. The highest BCUT2D eigenvalue weighted by Crippen LogP contribution is 2.13. The summed E-state index contributed by atoms with van der Waals surface area (Å²) in [5.41, 5.74) is 0.969. The summed E-state index contributed by atoms with van der Waals surface area (Å²) in [4.78, 5) is 0. The molecule has 0 aliphatic carbocycles. The van der Waals surface area contributed by atoms with E-state index in [9.17, 15) is 8.78 Å². The van der Waals surface area contributed by atoms with Crippen LogP contribution in [0.1, 0.15) is 19.4 Å². The summed E-state index contributed by atoms with van der Waals surface area (Å²) in [5.74, 6) is 0.799. The molecule has 1 aromatic rings. The van der Waals surface area contributed by atoms with E-state index in [0.717, 1.165) is 11.3 Å². The second-order valence-electron chi connectivity index (χ2n) is 3.83. The molecule has 0 saturated carbocycles. The van der Waals surface area contributed by atoms with Crippen LogP contribution in [0.25, 0.3) is 0 Å². The number of hydrogen-bond acceptors (Lipinski definition) is 2. The van der Waals surface area contributed by atoms with Crippen LogP contribution in [0.3, 0.4) is 0 Å². The van der Waals surface area contributed by atoms with Gasteiger partial charge in [-0.15, -0.1) is 0 Å². The number of ether oxygens (including phenoxy) is 1. The first-order valence-corrected chi connectivity index (χ1v) is 5.32. The van der Waals surface area contributed by atoms with Crippen LogP contribution in [-0.2, 0) is 6.54 Å². The topological polar surface area (TPSA) is 21.3 Å². The molecule has 0 heterocycles. The standard InChI is InChI=1S/C12H17F2NO/c1-9(2)16-11-5-3-10(4-6-11)7-15-8-12(13)14/h3-6,9,12,15H,7-8H2,1-2H3. The van der Waals surface area contributed by atoms with E-state index < -0.39 is 6.43 Å². The molecule has 1 rings (SSSR count). The summed E-state index contributed by atoms with van der Waals surface area (Å²) in [6.45, 7) is 4.09. The molecule has 0 radical (unpaired) electrons. The number of hydrogen-bond donors (Lipinski definition) is 1. The molecular weight excluding hydrogens is 212 g/mol. The van der Waals surface area contributed by atoms with Crippen molar-refractivity contribution < 1.29 is 13.5 Å². The molecule has 0 atom stereocenters. The highest BCUT2D eigenvalue weighted by atomic mass is 19.3. The Labute approximate surface area is 94.6 Å². The molecule has 2 nitrogen and oxygen atoms in total. The van der Waals surface area contributed by atoms with E-state index in [2.05, 4.69) is 5.32 Å². The summed E-state index contributed by atoms with van der Waals surface area (Å²) in [5, 5.41) is 2.67. The quantitative estimate of drug-likeness (QED) is 0.809. The van der Waals surface area contributed by atoms with Crippen molar-refractivity contribution in [3.8, 4) is 5.75 Å². The van der Waals surface area contributed by atoms with Crippen molar-refractivity contribution in [2.45, 2.75) is 32.9 Å².